The van der Waals surface area contributed by atoms with E-state index >= 15 is 0 Å². The molecule has 4 nitrogen and oxygen atoms in total. The van der Waals surface area contributed by atoms with E-state index in [-0.39, 0.29) is 0 Å². The highest BCUT2D eigenvalue weighted by Crippen LogP contribution is 2.19. The zero-order valence-corrected chi connectivity index (χ0v) is 12.7. The van der Waals surface area contributed by atoms with E-state index < -0.39 is 0 Å². The minimum Gasteiger partial charge on any atom is -0.478 e. The third-order valence-electron chi connectivity index (χ3n) is 2.52. The lowest BCUT2D eigenvalue weighted by Crippen LogP contribution is -2.19. The molecule has 19 heavy (non-hydrogen) atoms. The molecule has 1 rings (SSSR count). The fraction of sp³-hybridized carbons (Fsp3) is 0.643. The maximum atomic E-state index is 6.12. The molecule has 1 aromatic rings. The molecule has 0 saturated heterocycles. The van der Waals surface area contributed by atoms with Gasteiger partial charge in [0.25, 0.3) is 0 Å². The number of ether oxygens (including phenoxy) is 2. The Bertz CT molecular complexity index is 372. The average Bonchev–Trinajstić information content (AvgIpc) is 2.37. The smallest absolute Gasteiger partial charge is 0.213 e. The van der Waals surface area contributed by atoms with Crippen LogP contribution in [0.15, 0.2) is 12.3 Å². The molecule has 0 aromatic carbocycles. The molecule has 1 heterocycles. The van der Waals surface area contributed by atoms with E-state index in [1.807, 2.05) is 6.07 Å². The number of methoxy groups -OCH3 is 1. The first-order valence-corrected chi connectivity index (χ1v) is 6.98. The van der Waals surface area contributed by atoms with Gasteiger partial charge in [0.2, 0.25) is 5.88 Å². The van der Waals surface area contributed by atoms with Gasteiger partial charge in [-0.2, -0.15) is 0 Å². The van der Waals surface area contributed by atoms with Gasteiger partial charge in [-0.25, -0.2) is 4.98 Å². The van der Waals surface area contributed by atoms with Gasteiger partial charge in [-0.1, -0.05) is 25.4 Å². The molecular weight excluding hydrogens is 264 g/mol. The Balaban J connectivity index is 2.46. The predicted octanol–water partition coefficient (Wildman–Crippen LogP) is 2.90. The largest absolute Gasteiger partial charge is 0.478 e. The molecule has 0 fully saturated rings. The monoisotopic (exact) mass is 286 g/mol. The molecule has 0 bridgehead atoms. The fourth-order valence-corrected chi connectivity index (χ4v) is 1.72. The maximum absolute atomic E-state index is 6.12. The fourth-order valence-electron chi connectivity index (χ4n) is 1.55. The molecule has 5 heteroatoms. The lowest BCUT2D eigenvalue weighted by molar-refractivity contribution is 0.170. The number of aromatic nitrogens is 1. The summed E-state index contributed by atoms with van der Waals surface area (Å²) in [5.41, 5.74) is 1.01. The van der Waals surface area contributed by atoms with Crippen LogP contribution in [0.2, 0.25) is 5.02 Å². The van der Waals surface area contributed by atoms with E-state index in [9.17, 15) is 0 Å². The Morgan fingerprint density at radius 3 is 2.84 bits per heavy atom. The lowest BCUT2D eigenvalue weighted by Gasteiger charge is -2.10. The summed E-state index contributed by atoms with van der Waals surface area (Å²) in [6.45, 7) is 7.32. The molecule has 1 aromatic heterocycles. The molecule has 1 N–H and O–H groups in total. The van der Waals surface area contributed by atoms with Crippen LogP contribution in [-0.2, 0) is 11.3 Å². The highest BCUT2D eigenvalue weighted by atomic mass is 35.5. The van der Waals surface area contributed by atoms with Crippen LogP contribution in [0.4, 0.5) is 0 Å². The second kappa shape index (κ2) is 9.13. The molecule has 0 aliphatic rings. The third-order valence-corrected chi connectivity index (χ3v) is 2.86. The molecule has 0 saturated carbocycles. The van der Waals surface area contributed by atoms with Crippen molar-refractivity contribution in [2.75, 3.05) is 26.9 Å². The van der Waals surface area contributed by atoms with Crippen molar-refractivity contribution >= 4 is 11.6 Å². The first kappa shape index (κ1) is 16.2. The highest BCUT2D eigenvalue weighted by Gasteiger charge is 2.05. The van der Waals surface area contributed by atoms with E-state index in [1.54, 1.807) is 13.3 Å². The maximum Gasteiger partial charge on any atom is 0.213 e. The molecule has 0 aliphatic heterocycles. The lowest BCUT2D eigenvalue weighted by atomic mass is 10.2. The van der Waals surface area contributed by atoms with Gasteiger partial charge < -0.3 is 14.8 Å². The number of hydrogen-bond donors (Lipinski definition) is 1. The first-order valence-electron chi connectivity index (χ1n) is 6.60. The zero-order chi connectivity index (χ0) is 14.1. The summed E-state index contributed by atoms with van der Waals surface area (Å²) in [5, 5.41) is 4.02. The van der Waals surface area contributed by atoms with Crippen LogP contribution in [0.3, 0.4) is 0 Å². The van der Waals surface area contributed by atoms with Crippen LogP contribution in [0.5, 0.6) is 5.88 Å². The molecule has 0 spiro atoms. The van der Waals surface area contributed by atoms with Crippen molar-refractivity contribution in [2.45, 2.75) is 26.8 Å². The topological polar surface area (TPSA) is 43.4 Å². The van der Waals surface area contributed by atoms with Crippen LogP contribution in [0.25, 0.3) is 0 Å². The second-order valence-corrected chi connectivity index (χ2v) is 5.24. The van der Waals surface area contributed by atoms with Crippen molar-refractivity contribution in [1.29, 1.82) is 0 Å². The number of nitrogens with one attached hydrogen (secondary N) is 1. The van der Waals surface area contributed by atoms with Gasteiger partial charge in [-0.15, -0.1) is 0 Å². The Labute approximate surface area is 120 Å². The molecule has 0 atom stereocenters. The Morgan fingerprint density at radius 1 is 1.37 bits per heavy atom. The quantitative estimate of drug-likeness (QED) is 0.709. The number of hydrogen-bond acceptors (Lipinski definition) is 4. The van der Waals surface area contributed by atoms with Crippen LogP contribution < -0.4 is 10.1 Å². The highest BCUT2D eigenvalue weighted by molar-refractivity contribution is 6.31. The van der Waals surface area contributed by atoms with Crippen molar-refractivity contribution in [3.05, 3.63) is 22.8 Å². The van der Waals surface area contributed by atoms with Crippen LogP contribution in [-0.4, -0.2) is 31.9 Å². The summed E-state index contributed by atoms with van der Waals surface area (Å²) >= 11 is 6.12. The second-order valence-electron chi connectivity index (χ2n) is 4.83. The molecular formula is C14H23ClN2O2. The summed E-state index contributed by atoms with van der Waals surface area (Å²) in [7, 11) is 1.68. The Morgan fingerprint density at radius 2 is 2.16 bits per heavy atom. The molecule has 108 valence electrons. The minimum absolute atomic E-state index is 0.599. The van der Waals surface area contributed by atoms with E-state index in [2.05, 4.69) is 24.1 Å². The van der Waals surface area contributed by atoms with Gasteiger partial charge in [0, 0.05) is 38.9 Å². The van der Waals surface area contributed by atoms with E-state index in [0.29, 0.717) is 30.0 Å². The first-order chi connectivity index (χ1) is 9.13. The van der Waals surface area contributed by atoms with E-state index in [0.717, 1.165) is 25.1 Å². The SMILES string of the molecule is COCCCOc1cc(CNCC(C)C)c(Cl)cn1. The van der Waals surface area contributed by atoms with Gasteiger partial charge in [0.1, 0.15) is 0 Å². The molecule has 0 aliphatic carbocycles. The number of halogens is 1. The number of nitrogens with zero attached hydrogens (tertiary/aromatic N) is 1. The van der Waals surface area contributed by atoms with Crippen molar-refractivity contribution < 1.29 is 9.47 Å². The molecule has 0 unspecified atom stereocenters. The summed E-state index contributed by atoms with van der Waals surface area (Å²) in [6.07, 6.45) is 2.49. The molecule has 0 radical (unpaired) electrons. The van der Waals surface area contributed by atoms with Crippen LogP contribution in [0, 0.1) is 5.92 Å². The van der Waals surface area contributed by atoms with Crippen molar-refractivity contribution in [2.24, 2.45) is 5.92 Å². The standard InChI is InChI=1S/C14H23ClN2O2/c1-11(2)8-16-9-12-7-14(17-10-13(12)15)19-6-4-5-18-3/h7,10-11,16H,4-6,8-9H2,1-3H3. The zero-order valence-electron chi connectivity index (χ0n) is 11.9. The van der Waals surface area contributed by atoms with Gasteiger partial charge in [0.05, 0.1) is 11.6 Å². The van der Waals surface area contributed by atoms with E-state index in [4.69, 9.17) is 21.1 Å². The van der Waals surface area contributed by atoms with Gasteiger partial charge in [-0.3, -0.25) is 0 Å². The van der Waals surface area contributed by atoms with Crippen LogP contribution >= 0.6 is 11.6 Å². The van der Waals surface area contributed by atoms with Crippen molar-refractivity contribution in [3.8, 4) is 5.88 Å². The number of pyridine rings is 1. The summed E-state index contributed by atoms with van der Waals surface area (Å²) in [4.78, 5) is 4.16. The summed E-state index contributed by atoms with van der Waals surface area (Å²) < 4.78 is 10.5. The normalized spacial score (nSPS) is 11.0. The van der Waals surface area contributed by atoms with Gasteiger partial charge in [-0.05, 0) is 18.0 Å². The Hall–Kier alpha value is -0.840. The van der Waals surface area contributed by atoms with Gasteiger partial charge >= 0.3 is 0 Å². The third kappa shape index (κ3) is 6.76. The van der Waals surface area contributed by atoms with E-state index in [1.165, 1.54) is 0 Å². The van der Waals surface area contributed by atoms with Crippen molar-refractivity contribution in [3.63, 3.8) is 0 Å². The predicted molar refractivity (Wildman–Crippen MR) is 77.8 cm³/mol. The van der Waals surface area contributed by atoms with Crippen molar-refractivity contribution in [1.82, 2.24) is 10.3 Å². The van der Waals surface area contributed by atoms with Crippen LogP contribution in [0.1, 0.15) is 25.8 Å². The minimum atomic E-state index is 0.599. The number of rotatable bonds is 9. The van der Waals surface area contributed by atoms with Gasteiger partial charge in [0.15, 0.2) is 0 Å². The average molecular weight is 287 g/mol. The molecule has 0 amide bonds. The summed E-state index contributed by atoms with van der Waals surface area (Å²) in [5.74, 6) is 1.23. The Kier molecular flexibility index (Phi) is 7.79. The summed E-state index contributed by atoms with van der Waals surface area (Å²) in [6, 6.07) is 1.89.